The van der Waals surface area contributed by atoms with E-state index in [1.165, 1.54) is 0 Å². The molecule has 3 rings (SSSR count). The molecule has 0 amide bonds. The van der Waals surface area contributed by atoms with Crippen LogP contribution in [0.5, 0.6) is 0 Å². The highest BCUT2D eigenvalue weighted by Crippen LogP contribution is 2.23. The van der Waals surface area contributed by atoms with Gasteiger partial charge in [0.05, 0.1) is 11.3 Å². The quantitative estimate of drug-likeness (QED) is 0.781. The van der Waals surface area contributed by atoms with Crippen molar-refractivity contribution in [3.63, 3.8) is 0 Å². The van der Waals surface area contributed by atoms with Crippen molar-refractivity contribution in [2.45, 2.75) is 32.8 Å². The van der Waals surface area contributed by atoms with E-state index in [9.17, 15) is 4.79 Å². The van der Waals surface area contributed by atoms with Crippen LogP contribution in [0.15, 0.2) is 58.3 Å². The van der Waals surface area contributed by atoms with E-state index in [2.05, 4.69) is 16.3 Å². The minimum Gasteiger partial charge on any atom is -0.456 e. The molecule has 1 heterocycles. The zero-order valence-electron chi connectivity index (χ0n) is 13.0. The van der Waals surface area contributed by atoms with E-state index in [4.69, 9.17) is 4.74 Å². The van der Waals surface area contributed by atoms with E-state index >= 15 is 0 Å². The molecule has 0 unspecified atom stereocenters. The van der Waals surface area contributed by atoms with E-state index in [1.54, 1.807) is 12.1 Å². The van der Waals surface area contributed by atoms with Crippen molar-refractivity contribution in [1.82, 2.24) is 0 Å². The molecule has 4 nitrogen and oxygen atoms in total. The highest BCUT2D eigenvalue weighted by atomic mass is 16.6. The van der Waals surface area contributed by atoms with Crippen molar-refractivity contribution in [3.05, 3.63) is 59.2 Å². The van der Waals surface area contributed by atoms with Crippen LogP contribution in [0, 0.1) is 0 Å². The van der Waals surface area contributed by atoms with Crippen LogP contribution in [-0.2, 0) is 4.74 Å². The number of benzene rings is 1. The summed E-state index contributed by atoms with van der Waals surface area (Å²) in [5, 5.41) is 8.48. The van der Waals surface area contributed by atoms with Crippen LogP contribution in [0.3, 0.4) is 0 Å². The Hall–Kier alpha value is -2.49. The van der Waals surface area contributed by atoms with Gasteiger partial charge in [0.25, 0.3) is 0 Å². The summed E-state index contributed by atoms with van der Waals surface area (Å²) in [6, 6.07) is 7.30. The zero-order valence-corrected chi connectivity index (χ0v) is 13.0. The number of carbonyl (C=O) groups is 1. The molecular weight excluding hydrogens is 276 g/mol. The molecule has 22 heavy (non-hydrogen) atoms. The van der Waals surface area contributed by atoms with E-state index in [0.717, 1.165) is 29.0 Å². The number of nitrogens with zero attached hydrogens (tertiary/aromatic N) is 2. The molecule has 1 aliphatic heterocycles. The van der Waals surface area contributed by atoms with E-state index in [0.29, 0.717) is 5.56 Å². The molecule has 0 atom stereocenters. The van der Waals surface area contributed by atoms with Gasteiger partial charge in [-0.05, 0) is 32.9 Å². The monoisotopic (exact) mass is 294 g/mol. The summed E-state index contributed by atoms with van der Waals surface area (Å²) in [6.07, 6.45) is 6.92. The van der Waals surface area contributed by atoms with Gasteiger partial charge in [0, 0.05) is 17.6 Å². The molecule has 0 bridgehead atoms. The van der Waals surface area contributed by atoms with Crippen LogP contribution in [0.25, 0.3) is 0 Å². The second-order valence-electron chi connectivity index (χ2n) is 6.29. The number of hydrogen-bond acceptors (Lipinski definition) is 4. The summed E-state index contributed by atoms with van der Waals surface area (Å²) in [4.78, 5) is 12.0. The predicted molar refractivity (Wildman–Crippen MR) is 87.4 cm³/mol. The third kappa shape index (κ3) is 2.91. The molecule has 1 aromatic carbocycles. The third-order valence-corrected chi connectivity index (χ3v) is 3.34. The summed E-state index contributed by atoms with van der Waals surface area (Å²) in [6.45, 7) is 5.57. The fourth-order valence-corrected chi connectivity index (χ4v) is 2.34. The lowest BCUT2D eigenvalue weighted by Crippen LogP contribution is -2.23. The van der Waals surface area contributed by atoms with Crippen molar-refractivity contribution in [1.29, 1.82) is 0 Å². The molecule has 0 radical (unpaired) electrons. The molecule has 0 aromatic heterocycles. The third-order valence-electron chi connectivity index (χ3n) is 3.34. The lowest BCUT2D eigenvalue weighted by molar-refractivity contribution is 0.00695. The van der Waals surface area contributed by atoms with Gasteiger partial charge in [-0.1, -0.05) is 30.4 Å². The van der Waals surface area contributed by atoms with E-state index in [-0.39, 0.29) is 5.97 Å². The van der Waals surface area contributed by atoms with Crippen LogP contribution < -0.4 is 0 Å². The molecule has 2 aliphatic rings. The Kier molecular flexibility index (Phi) is 3.53. The van der Waals surface area contributed by atoms with Gasteiger partial charge in [0.15, 0.2) is 0 Å². The van der Waals surface area contributed by atoms with Crippen LogP contribution in [0.2, 0.25) is 0 Å². The van der Waals surface area contributed by atoms with Gasteiger partial charge in [-0.2, -0.15) is 5.10 Å². The molecule has 0 N–H and O–H groups in total. The number of ether oxygens (including phenoxy) is 1. The maximum atomic E-state index is 12.0. The SMILES string of the molecule is CC(C)(C)OC(=O)c1ccc(C2=NN=C3CC=CC=C32)cc1. The van der Waals surface area contributed by atoms with Gasteiger partial charge in [0.1, 0.15) is 11.3 Å². The number of allylic oxidation sites excluding steroid dienone is 4. The first-order valence-electron chi connectivity index (χ1n) is 7.30. The summed E-state index contributed by atoms with van der Waals surface area (Å²) < 4.78 is 5.36. The second-order valence-corrected chi connectivity index (χ2v) is 6.29. The lowest BCUT2D eigenvalue weighted by atomic mass is 9.94. The minimum atomic E-state index is -0.493. The summed E-state index contributed by atoms with van der Waals surface area (Å²) in [7, 11) is 0. The van der Waals surface area contributed by atoms with E-state index < -0.39 is 5.60 Å². The van der Waals surface area contributed by atoms with Crippen molar-refractivity contribution in [2.24, 2.45) is 10.2 Å². The Morgan fingerprint density at radius 1 is 1.14 bits per heavy atom. The fourth-order valence-electron chi connectivity index (χ4n) is 2.34. The van der Waals surface area contributed by atoms with Gasteiger partial charge < -0.3 is 4.74 Å². The Morgan fingerprint density at radius 3 is 2.55 bits per heavy atom. The number of rotatable bonds is 2. The molecule has 1 aromatic rings. The molecule has 4 heteroatoms. The van der Waals surface area contributed by atoms with Gasteiger partial charge in [-0.3, -0.25) is 0 Å². The Bertz CT molecular complexity index is 729. The topological polar surface area (TPSA) is 51.0 Å². The molecule has 0 spiro atoms. The van der Waals surface area contributed by atoms with Crippen molar-refractivity contribution in [2.75, 3.05) is 0 Å². The smallest absolute Gasteiger partial charge is 0.338 e. The first-order valence-corrected chi connectivity index (χ1v) is 7.30. The predicted octanol–water partition coefficient (Wildman–Crippen LogP) is 3.69. The van der Waals surface area contributed by atoms with Crippen LogP contribution >= 0.6 is 0 Å². The lowest BCUT2D eigenvalue weighted by Gasteiger charge is -2.19. The minimum absolute atomic E-state index is 0.316. The standard InChI is InChI=1S/C18H18N2O2/c1-18(2,3)22-17(21)13-10-8-12(9-11-13)16-14-6-4-5-7-15(14)19-20-16/h4-6,8-11H,7H2,1-3H3. The average Bonchev–Trinajstić information content (AvgIpc) is 2.89. The summed E-state index contributed by atoms with van der Waals surface area (Å²) in [5.74, 6) is -0.316. The molecule has 0 saturated heterocycles. The van der Waals surface area contributed by atoms with Gasteiger partial charge in [-0.25, -0.2) is 4.79 Å². The zero-order chi connectivity index (χ0) is 15.7. The number of fused-ring (bicyclic) bond motifs is 1. The van der Waals surface area contributed by atoms with Crippen molar-refractivity contribution in [3.8, 4) is 0 Å². The van der Waals surface area contributed by atoms with Gasteiger partial charge in [-0.15, -0.1) is 5.10 Å². The number of carbonyl (C=O) groups excluding carboxylic acids is 1. The average molecular weight is 294 g/mol. The highest BCUT2D eigenvalue weighted by Gasteiger charge is 2.22. The normalized spacial score (nSPS) is 16.6. The Balaban J connectivity index is 1.80. The number of esters is 1. The van der Waals surface area contributed by atoms with Gasteiger partial charge in [0.2, 0.25) is 0 Å². The molecule has 112 valence electrons. The van der Waals surface area contributed by atoms with Crippen molar-refractivity contribution < 1.29 is 9.53 Å². The molecule has 0 fully saturated rings. The maximum absolute atomic E-state index is 12.0. The largest absolute Gasteiger partial charge is 0.456 e. The molecule has 1 aliphatic carbocycles. The highest BCUT2D eigenvalue weighted by molar-refractivity contribution is 6.33. The maximum Gasteiger partial charge on any atom is 0.338 e. The van der Waals surface area contributed by atoms with E-state index in [1.807, 2.05) is 45.1 Å². The van der Waals surface area contributed by atoms with Crippen molar-refractivity contribution >= 4 is 17.4 Å². The number of hydrogen-bond donors (Lipinski definition) is 0. The Labute approximate surface area is 129 Å². The van der Waals surface area contributed by atoms with Crippen LogP contribution in [-0.4, -0.2) is 23.0 Å². The fraction of sp³-hybridized carbons (Fsp3) is 0.278. The van der Waals surface area contributed by atoms with Crippen LogP contribution in [0.1, 0.15) is 43.1 Å². The summed E-state index contributed by atoms with van der Waals surface area (Å²) >= 11 is 0. The molecular formula is C18H18N2O2. The van der Waals surface area contributed by atoms with Crippen LogP contribution in [0.4, 0.5) is 0 Å². The Morgan fingerprint density at radius 2 is 1.86 bits per heavy atom. The second kappa shape index (κ2) is 5.37. The van der Waals surface area contributed by atoms with Gasteiger partial charge >= 0.3 is 5.97 Å². The first-order chi connectivity index (χ1) is 10.4. The summed E-state index contributed by atoms with van der Waals surface area (Å²) in [5.41, 5.74) is 3.91. The molecule has 0 saturated carbocycles. The first kappa shape index (κ1) is 14.4.